The summed E-state index contributed by atoms with van der Waals surface area (Å²) < 4.78 is 75.3. The molecule has 3 fully saturated rings. The van der Waals surface area contributed by atoms with Gasteiger partial charge in [-0.1, -0.05) is 0 Å². The van der Waals surface area contributed by atoms with Crippen molar-refractivity contribution < 1.29 is 45.9 Å². The Labute approximate surface area is 207 Å². The van der Waals surface area contributed by atoms with Crippen LogP contribution in [0.5, 0.6) is 0 Å². The molecule has 2 aromatic heterocycles. The number of fused-ring (bicyclic) bond motifs is 2. The van der Waals surface area contributed by atoms with Crippen LogP contribution in [0, 0.1) is 11.6 Å². The van der Waals surface area contributed by atoms with Gasteiger partial charge in [0.2, 0.25) is 0 Å². The molecule has 0 radical (unpaired) electrons. The van der Waals surface area contributed by atoms with Crippen LogP contribution in [0.25, 0.3) is 11.2 Å². The largest absolute Gasteiger partial charge is 0.509 e. The first-order valence-corrected chi connectivity index (χ1v) is 12.6. The summed E-state index contributed by atoms with van der Waals surface area (Å²) in [6, 6.07) is 2.89. The average molecular weight is 539 g/mol. The maximum absolute atomic E-state index is 13.7. The van der Waals surface area contributed by atoms with Crippen molar-refractivity contribution >= 4 is 31.0 Å². The van der Waals surface area contributed by atoms with Crippen LogP contribution in [0.4, 0.5) is 19.4 Å². The predicted octanol–water partition coefficient (Wildman–Crippen LogP) is 3.18. The number of rotatable bonds is 5. The molecule has 2 N–H and O–H groups in total. The van der Waals surface area contributed by atoms with Crippen LogP contribution in [-0.4, -0.2) is 56.7 Å². The molecule has 3 aromatic rings. The minimum absolute atomic E-state index is 0.0460. The minimum atomic E-state index is -4.18. The zero-order valence-electron chi connectivity index (χ0n) is 19.2. The van der Waals surface area contributed by atoms with Gasteiger partial charge >= 0.3 is 14.0 Å². The maximum Gasteiger partial charge on any atom is 0.509 e. The van der Waals surface area contributed by atoms with Gasteiger partial charge in [0.25, 0.3) is 0 Å². The molecule has 1 aromatic carbocycles. The van der Waals surface area contributed by atoms with Gasteiger partial charge in [-0.25, -0.2) is 33.1 Å². The summed E-state index contributed by atoms with van der Waals surface area (Å²) in [5.74, 6) is -1.44. The standard InChI is InChI=1S/C21H20F2N5O8P/c1-21-16(34-20(29)35-21)14(33-19(21)28-9-27-15-17(24)25-8-26-18(15)28)7-32-37(30)31-3-2-13(36-37)10-4-11(22)6-12(23)5-10/h4-6,8-9,13-14,16,19H,2-3,7H2,1H3,(H2,24,25,26)/t13?,14-,16-,19-,21-,37?/m1/s1. The van der Waals surface area contributed by atoms with Crippen molar-refractivity contribution in [1.82, 2.24) is 19.5 Å². The zero-order chi connectivity index (χ0) is 25.9. The minimum Gasteiger partial charge on any atom is -0.424 e. The lowest BCUT2D eigenvalue weighted by Gasteiger charge is -2.30. The Bertz CT molecular complexity index is 1420. The Morgan fingerprint density at radius 1 is 1.24 bits per heavy atom. The number of benzene rings is 1. The van der Waals surface area contributed by atoms with E-state index in [2.05, 4.69) is 15.0 Å². The second-order valence-corrected chi connectivity index (χ2v) is 10.5. The first-order valence-electron chi connectivity index (χ1n) is 11.2. The highest BCUT2D eigenvalue weighted by Gasteiger charge is 2.64. The number of nitrogens with zero attached hydrogens (tertiary/aromatic N) is 4. The van der Waals surface area contributed by atoms with Crippen molar-refractivity contribution in [1.29, 1.82) is 0 Å². The summed E-state index contributed by atoms with van der Waals surface area (Å²) >= 11 is 0. The van der Waals surface area contributed by atoms with Crippen LogP contribution < -0.4 is 5.73 Å². The van der Waals surface area contributed by atoms with Gasteiger partial charge in [0.15, 0.2) is 29.4 Å². The number of hydrogen-bond donors (Lipinski definition) is 1. The fraction of sp³-hybridized carbons (Fsp3) is 0.429. The number of nitrogen functional groups attached to an aromatic ring is 1. The van der Waals surface area contributed by atoms with Gasteiger partial charge in [0, 0.05) is 12.5 Å². The number of imidazole rings is 1. The van der Waals surface area contributed by atoms with Crippen LogP contribution in [0.2, 0.25) is 0 Å². The van der Waals surface area contributed by atoms with Gasteiger partial charge < -0.3 is 19.9 Å². The third kappa shape index (κ3) is 4.12. The molecule has 13 nitrogen and oxygen atoms in total. The molecule has 0 bridgehead atoms. The highest BCUT2D eigenvalue weighted by Crippen LogP contribution is 2.58. The number of carbonyl (C=O) groups is 1. The number of phosphoric ester groups is 1. The Kier molecular flexibility index (Phi) is 5.65. The first-order chi connectivity index (χ1) is 17.6. The van der Waals surface area contributed by atoms with E-state index in [9.17, 15) is 18.1 Å². The number of hydrogen-bond acceptors (Lipinski definition) is 12. The molecule has 0 spiro atoms. The Morgan fingerprint density at radius 3 is 2.81 bits per heavy atom. The van der Waals surface area contributed by atoms with E-state index >= 15 is 0 Å². The van der Waals surface area contributed by atoms with Gasteiger partial charge in [0.05, 0.1) is 25.6 Å². The highest BCUT2D eigenvalue weighted by atomic mass is 31.2. The van der Waals surface area contributed by atoms with E-state index < -0.39 is 62.4 Å². The number of nitrogens with two attached hydrogens (primary N) is 1. The Morgan fingerprint density at radius 2 is 2.03 bits per heavy atom. The summed E-state index contributed by atoms with van der Waals surface area (Å²) in [6.07, 6.45) is -1.88. The smallest absolute Gasteiger partial charge is 0.424 e. The summed E-state index contributed by atoms with van der Waals surface area (Å²) in [6.45, 7) is 1.17. The molecule has 6 atom stereocenters. The van der Waals surface area contributed by atoms with Crippen molar-refractivity contribution in [2.75, 3.05) is 18.9 Å². The van der Waals surface area contributed by atoms with E-state index in [0.29, 0.717) is 11.2 Å². The molecule has 0 saturated carbocycles. The fourth-order valence-corrected chi connectivity index (χ4v) is 6.13. The molecule has 0 amide bonds. The van der Waals surface area contributed by atoms with Crippen molar-refractivity contribution in [3.05, 3.63) is 48.1 Å². The molecule has 0 aliphatic carbocycles. The molecule has 3 aliphatic rings. The van der Waals surface area contributed by atoms with Crippen LogP contribution >= 0.6 is 7.82 Å². The Hall–Kier alpha value is -3.23. The summed E-state index contributed by atoms with van der Waals surface area (Å²) in [5.41, 5.74) is 5.35. The van der Waals surface area contributed by atoms with Crippen LogP contribution in [0.3, 0.4) is 0 Å². The number of anilines is 1. The van der Waals surface area contributed by atoms with Gasteiger partial charge in [-0.2, -0.15) is 0 Å². The zero-order valence-corrected chi connectivity index (χ0v) is 20.0. The number of ether oxygens (including phenoxy) is 3. The van der Waals surface area contributed by atoms with E-state index in [1.807, 2.05) is 0 Å². The number of carbonyl (C=O) groups excluding carboxylic acids is 1. The van der Waals surface area contributed by atoms with E-state index in [1.165, 1.54) is 17.2 Å². The molecule has 3 saturated heterocycles. The Balaban J connectivity index is 1.22. The monoisotopic (exact) mass is 539 g/mol. The van der Waals surface area contributed by atoms with Crippen LogP contribution in [-0.2, 0) is 32.3 Å². The number of phosphoric acid groups is 1. The van der Waals surface area contributed by atoms with Crippen LogP contribution in [0.15, 0.2) is 30.9 Å². The highest BCUT2D eigenvalue weighted by molar-refractivity contribution is 7.48. The lowest BCUT2D eigenvalue weighted by atomic mass is 9.96. The van der Waals surface area contributed by atoms with E-state index in [1.54, 1.807) is 6.92 Å². The lowest BCUT2D eigenvalue weighted by molar-refractivity contribution is -0.0926. The lowest BCUT2D eigenvalue weighted by Crippen LogP contribution is -2.42. The molecular weight excluding hydrogens is 519 g/mol. The summed E-state index contributed by atoms with van der Waals surface area (Å²) in [5, 5.41) is 0. The topological polar surface area (TPSA) is 159 Å². The van der Waals surface area contributed by atoms with Crippen molar-refractivity contribution in [3.63, 3.8) is 0 Å². The first kappa shape index (κ1) is 24.1. The third-order valence-corrected chi connectivity index (χ3v) is 7.88. The number of aromatic nitrogens is 4. The van der Waals surface area contributed by atoms with Gasteiger partial charge in [-0.05, 0) is 24.6 Å². The molecule has 196 valence electrons. The normalized spacial score (nSPS) is 33.3. The molecular formula is C21H20F2N5O8P. The van der Waals surface area contributed by atoms with Crippen molar-refractivity contribution in [2.24, 2.45) is 0 Å². The molecule has 6 rings (SSSR count). The predicted molar refractivity (Wildman–Crippen MR) is 118 cm³/mol. The fourth-order valence-electron chi connectivity index (χ4n) is 4.73. The summed E-state index contributed by atoms with van der Waals surface area (Å²) in [4.78, 5) is 24.4. The van der Waals surface area contributed by atoms with Gasteiger partial charge in [-0.3, -0.25) is 18.1 Å². The van der Waals surface area contributed by atoms with Gasteiger partial charge in [-0.15, -0.1) is 0 Å². The van der Waals surface area contributed by atoms with E-state index in [-0.39, 0.29) is 24.4 Å². The van der Waals surface area contributed by atoms with Crippen LogP contribution in [0.1, 0.15) is 31.2 Å². The maximum atomic E-state index is 13.7. The van der Waals surface area contributed by atoms with Gasteiger partial charge in [0.1, 0.15) is 29.6 Å². The number of halogens is 2. The summed E-state index contributed by atoms with van der Waals surface area (Å²) in [7, 11) is -4.18. The SMILES string of the molecule is C[C@@]12OC(=O)O[C@@H]1[C@@H](COP1(=O)OCCC(c3cc(F)cc(F)c3)O1)O[C@H]2n1cnc2c(N)ncnc21. The molecule has 2 unspecified atom stereocenters. The van der Waals surface area contributed by atoms with Crippen molar-refractivity contribution in [2.45, 2.75) is 43.5 Å². The van der Waals surface area contributed by atoms with E-state index in [0.717, 1.165) is 18.2 Å². The average Bonchev–Trinajstić information content (AvgIpc) is 3.47. The third-order valence-electron chi connectivity index (χ3n) is 6.40. The molecule has 16 heteroatoms. The molecule has 3 aliphatic heterocycles. The second-order valence-electron chi connectivity index (χ2n) is 8.85. The molecule has 5 heterocycles. The van der Waals surface area contributed by atoms with Crippen molar-refractivity contribution in [3.8, 4) is 0 Å². The molecule has 37 heavy (non-hydrogen) atoms. The quantitative estimate of drug-likeness (QED) is 0.373. The second kappa shape index (κ2) is 8.67. The van der Waals surface area contributed by atoms with E-state index in [4.69, 9.17) is 33.5 Å².